The summed E-state index contributed by atoms with van der Waals surface area (Å²) in [7, 11) is 1.66. The lowest BCUT2D eigenvalue weighted by atomic mass is 9.95. The number of aromatic nitrogens is 3. The third kappa shape index (κ3) is 5.27. The van der Waals surface area contributed by atoms with Crippen molar-refractivity contribution in [3.05, 3.63) is 59.7 Å². The van der Waals surface area contributed by atoms with E-state index in [1.165, 1.54) is 35.1 Å². The number of carbonyl (C=O) groups is 2. The summed E-state index contributed by atoms with van der Waals surface area (Å²) in [6, 6.07) is 4.27. The van der Waals surface area contributed by atoms with Crippen LogP contribution in [0, 0.1) is 5.82 Å². The van der Waals surface area contributed by atoms with Crippen molar-refractivity contribution < 1.29 is 19.1 Å². The van der Waals surface area contributed by atoms with Crippen molar-refractivity contribution in [3.63, 3.8) is 0 Å². The summed E-state index contributed by atoms with van der Waals surface area (Å²) in [6.45, 7) is 6.88. The normalized spacial score (nSPS) is 13.7. The Bertz CT molecular complexity index is 1440. The van der Waals surface area contributed by atoms with Gasteiger partial charge in [-0.1, -0.05) is 37.0 Å². The van der Waals surface area contributed by atoms with Crippen LogP contribution in [0.3, 0.4) is 0 Å². The van der Waals surface area contributed by atoms with Crippen LogP contribution in [0.5, 0.6) is 0 Å². The second kappa shape index (κ2) is 11.0. The molecule has 11 heteroatoms. The fourth-order valence-electron chi connectivity index (χ4n) is 4.10. The number of carbonyl (C=O) groups excluding carboxylic acids is 2. The fourth-order valence-corrected chi connectivity index (χ4v) is 5.21. The minimum absolute atomic E-state index is 0.172. The number of nitrogens with one attached hydrogen (secondary N) is 2. The summed E-state index contributed by atoms with van der Waals surface area (Å²) in [5.41, 5.74) is 4.14. The molecule has 0 saturated carbocycles. The first-order valence-electron chi connectivity index (χ1n) is 11.7. The highest BCUT2D eigenvalue weighted by Crippen LogP contribution is 2.43. The highest BCUT2D eigenvalue weighted by molar-refractivity contribution is 7.19. The fraction of sp³-hybridized carbons (Fsp3) is 0.269. The van der Waals surface area contributed by atoms with Gasteiger partial charge in [-0.05, 0) is 37.5 Å². The molecule has 192 valence electrons. The van der Waals surface area contributed by atoms with E-state index in [9.17, 15) is 14.7 Å². The van der Waals surface area contributed by atoms with E-state index < -0.39 is 17.8 Å². The maximum absolute atomic E-state index is 15.5. The van der Waals surface area contributed by atoms with E-state index in [-0.39, 0.29) is 23.7 Å². The largest absolute Gasteiger partial charge is 0.383 e. The van der Waals surface area contributed by atoms with E-state index >= 15 is 4.39 Å². The Morgan fingerprint density at radius 3 is 2.78 bits per heavy atom. The Kier molecular flexibility index (Phi) is 7.74. The Hall–Kier alpha value is -3.96. The predicted octanol–water partition coefficient (Wildman–Crippen LogP) is 4.17. The van der Waals surface area contributed by atoms with E-state index in [0.29, 0.717) is 29.4 Å². The molecule has 0 fully saturated rings. The van der Waals surface area contributed by atoms with Gasteiger partial charge >= 0.3 is 0 Å². The number of rotatable bonds is 8. The number of nitrogens with zero attached hydrogens (tertiary/aromatic N) is 4. The zero-order valence-corrected chi connectivity index (χ0v) is 21.5. The maximum Gasteiger partial charge on any atom is 0.253 e. The summed E-state index contributed by atoms with van der Waals surface area (Å²) < 4.78 is 17.0. The molecule has 0 bridgehead atoms. The average Bonchev–Trinajstić information content (AvgIpc) is 3.44. The summed E-state index contributed by atoms with van der Waals surface area (Å²) in [5, 5.41) is 20.3. The van der Waals surface area contributed by atoms with Crippen LogP contribution < -0.4 is 10.6 Å². The van der Waals surface area contributed by atoms with Gasteiger partial charge in [0.1, 0.15) is 11.8 Å². The van der Waals surface area contributed by atoms with Crippen LogP contribution in [-0.4, -0.2) is 51.1 Å². The van der Waals surface area contributed by atoms with Gasteiger partial charge < -0.3 is 15.7 Å². The van der Waals surface area contributed by atoms with Crippen LogP contribution >= 0.6 is 11.3 Å². The van der Waals surface area contributed by atoms with E-state index in [4.69, 9.17) is 5.10 Å². The number of hydrogen-bond acceptors (Lipinski definition) is 7. The van der Waals surface area contributed by atoms with Crippen LogP contribution in [-0.2, 0) is 22.4 Å². The first-order chi connectivity index (χ1) is 17.8. The minimum atomic E-state index is -1.18. The molecule has 3 N–H and O–H groups in total. The second-order valence-electron chi connectivity index (χ2n) is 8.39. The van der Waals surface area contributed by atoms with Gasteiger partial charge in [-0.15, -0.1) is 0 Å². The lowest BCUT2D eigenvalue weighted by Crippen LogP contribution is -2.26. The molecule has 1 aliphatic rings. The third-order valence-electron chi connectivity index (χ3n) is 5.76. The number of hydrogen-bond donors (Lipinski definition) is 3. The molecule has 2 amide bonds. The molecule has 1 aliphatic carbocycles. The van der Waals surface area contributed by atoms with Crippen molar-refractivity contribution in [2.24, 2.45) is 4.99 Å². The molecule has 0 spiro atoms. The minimum Gasteiger partial charge on any atom is -0.383 e. The quantitative estimate of drug-likeness (QED) is 0.303. The van der Waals surface area contributed by atoms with Crippen LogP contribution in [0.15, 0.2) is 41.9 Å². The van der Waals surface area contributed by atoms with Gasteiger partial charge in [-0.25, -0.2) is 14.1 Å². The van der Waals surface area contributed by atoms with Crippen molar-refractivity contribution in [1.29, 1.82) is 0 Å². The summed E-state index contributed by atoms with van der Waals surface area (Å²) in [6.07, 6.45) is 5.41. The SMILES string of the molecule is C=C/C=C(\C=NC)c1nn(-c2ccc(NC(=O)C(O)CC)cc2F)c2c1CCc1nc(NC(C)=O)sc1-2. The number of aliphatic hydroxyl groups is 1. The van der Waals surface area contributed by atoms with Gasteiger partial charge in [0.05, 0.1) is 22.0 Å². The number of allylic oxidation sites excluding steroid dienone is 3. The van der Waals surface area contributed by atoms with Crippen molar-refractivity contribution in [3.8, 4) is 16.3 Å². The molecule has 1 aromatic carbocycles. The maximum atomic E-state index is 15.5. The smallest absolute Gasteiger partial charge is 0.253 e. The molecule has 0 aliphatic heterocycles. The summed E-state index contributed by atoms with van der Waals surface area (Å²) in [4.78, 5) is 33.2. The van der Waals surface area contributed by atoms with Crippen molar-refractivity contribution in [2.45, 2.75) is 39.2 Å². The Balaban J connectivity index is 1.87. The molecule has 1 atom stereocenters. The van der Waals surface area contributed by atoms with Gasteiger partial charge in [0.2, 0.25) is 5.91 Å². The molecule has 2 heterocycles. The number of aliphatic hydroxyl groups excluding tert-OH is 1. The number of aryl methyl sites for hydroxylation is 1. The van der Waals surface area contributed by atoms with Crippen LogP contribution in [0.1, 0.15) is 37.2 Å². The van der Waals surface area contributed by atoms with Crippen molar-refractivity contribution >= 4 is 45.8 Å². The number of fused-ring (bicyclic) bond motifs is 3. The molecule has 2 aromatic heterocycles. The lowest BCUT2D eigenvalue weighted by molar-refractivity contribution is -0.124. The number of halogens is 1. The topological polar surface area (TPSA) is 122 Å². The summed E-state index contributed by atoms with van der Waals surface area (Å²) in [5.74, 6) is -1.45. The first kappa shape index (κ1) is 26.1. The molecule has 0 radical (unpaired) electrons. The first-order valence-corrected chi connectivity index (χ1v) is 12.5. The zero-order chi connectivity index (χ0) is 26.7. The number of anilines is 2. The highest BCUT2D eigenvalue weighted by atomic mass is 32.1. The number of benzene rings is 1. The van der Waals surface area contributed by atoms with Crippen LogP contribution in [0.2, 0.25) is 0 Å². The molecule has 4 rings (SSSR count). The third-order valence-corrected chi connectivity index (χ3v) is 6.78. The van der Waals surface area contributed by atoms with E-state index in [0.717, 1.165) is 21.7 Å². The molecule has 1 unspecified atom stereocenters. The molecular weight excluding hydrogens is 495 g/mol. The Labute approximate surface area is 217 Å². The van der Waals surface area contributed by atoms with Crippen molar-refractivity contribution in [2.75, 3.05) is 17.7 Å². The van der Waals surface area contributed by atoms with Crippen LogP contribution in [0.25, 0.3) is 21.8 Å². The van der Waals surface area contributed by atoms with Gasteiger partial charge in [0.15, 0.2) is 10.9 Å². The standard InChI is InChI=1S/C26H27FN6O3S/c1-5-7-15(13-28-4)22-17-9-10-19-24(37-26(31-19)29-14(3)34)23(17)33(32-22)20-11-8-16(12-18(20)27)30-25(36)21(35)6-2/h5,7-8,11-13,21,35H,1,6,9-10H2,2-4H3,(H,30,36)(H,29,31,34)/b15-7+,28-13?. The number of amides is 2. The number of aliphatic imine (C=N–C) groups is 1. The molecule has 3 aromatic rings. The highest BCUT2D eigenvalue weighted by Gasteiger charge is 2.31. The monoisotopic (exact) mass is 522 g/mol. The van der Waals surface area contributed by atoms with E-state index in [1.807, 2.05) is 0 Å². The number of thiazole rings is 1. The van der Waals surface area contributed by atoms with E-state index in [2.05, 4.69) is 27.2 Å². The Morgan fingerprint density at radius 1 is 1.35 bits per heavy atom. The van der Waals surface area contributed by atoms with Gasteiger partial charge in [0, 0.05) is 37.0 Å². The lowest BCUT2D eigenvalue weighted by Gasteiger charge is -2.15. The zero-order valence-electron chi connectivity index (χ0n) is 20.7. The van der Waals surface area contributed by atoms with Gasteiger partial charge in [-0.3, -0.25) is 14.6 Å². The molecule has 37 heavy (non-hydrogen) atoms. The van der Waals surface area contributed by atoms with Crippen LogP contribution in [0.4, 0.5) is 15.2 Å². The summed E-state index contributed by atoms with van der Waals surface area (Å²) >= 11 is 1.31. The molecular formula is C26H27FN6O3S. The van der Waals surface area contributed by atoms with Gasteiger partial charge in [0.25, 0.3) is 5.91 Å². The molecule has 0 saturated heterocycles. The van der Waals surface area contributed by atoms with Crippen molar-refractivity contribution in [1.82, 2.24) is 14.8 Å². The Morgan fingerprint density at radius 2 is 2.14 bits per heavy atom. The average molecular weight is 523 g/mol. The predicted molar refractivity (Wildman–Crippen MR) is 144 cm³/mol. The van der Waals surface area contributed by atoms with Gasteiger partial charge in [-0.2, -0.15) is 5.10 Å². The second-order valence-corrected chi connectivity index (χ2v) is 9.39. The molecule has 9 nitrogen and oxygen atoms in total. The van der Waals surface area contributed by atoms with E-state index in [1.54, 1.807) is 38.4 Å².